The molecule has 80 valence electrons. The van der Waals surface area contributed by atoms with E-state index in [0.717, 1.165) is 19.0 Å². The average molecular weight is 197 g/mol. The van der Waals surface area contributed by atoms with Crippen LogP contribution in [0.15, 0.2) is 12.2 Å². The smallest absolute Gasteiger partial charge is 0.330 e. The summed E-state index contributed by atoms with van der Waals surface area (Å²) in [5, 5.41) is 3.26. The van der Waals surface area contributed by atoms with E-state index in [4.69, 9.17) is 4.74 Å². The minimum Gasteiger partial charge on any atom is -0.463 e. The molecule has 1 N–H and O–H groups in total. The summed E-state index contributed by atoms with van der Waals surface area (Å²) in [4.78, 5) is 10.9. The van der Waals surface area contributed by atoms with Crippen LogP contribution in [0, 0.1) is 5.92 Å². The SMILES string of the molecule is CCOC(=O)/C=C/CNCCC1CC1. The van der Waals surface area contributed by atoms with Crippen LogP contribution in [0.2, 0.25) is 0 Å². The van der Waals surface area contributed by atoms with Gasteiger partial charge in [-0.25, -0.2) is 4.79 Å². The number of rotatable bonds is 7. The monoisotopic (exact) mass is 197 g/mol. The highest BCUT2D eigenvalue weighted by molar-refractivity contribution is 5.81. The third kappa shape index (κ3) is 5.75. The van der Waals surface area contributed by atoms with Crippen molar-refractivity contribution >= 4 is 5.97 Å². The predicted octanol–water partition coefficient (Wildman–Crippen LogP) is 1.50. The topological polar surface area (TPSA) is 38.3 Å². The van der Waals surface area contributed by atoms with Gasteiger partial charge in [-0.15, -0.1) is 0 Å². The number of nitrogens with one attached hydrogen (secondary N) is 1. The molecule has 0 unspecified atom stereocenters. The molecule has 3 heteroatoms. The summed E-state index contributed by atoms with van der Waals surface area (Å²) >= 11 is 0. The normalized spacial score (nSPS) is 16.1. The fourth-order valence-electron chi connectivity index (χ4n) is 1.24. The first kappa shape index (κ1) is 11.2. The molecule has 3 nitrogen and oxygen atoms in total. The summed E-state index contributed by atoms with van der Waals surface area (Å²) in [5.74, 6) is 0.716. The van der Waals surface area contributed by atoms with E-state index in [-0.39, 0.29) is 5.97 Å². The molecule has 1 aliphatic rings. The van der Waals surface area contributed by atoms with Gasteiger partial charge in [0, 0.05) is 12.6 Å². The molecule has 0 spiro atoms. The largest absolute Gasteiger partial charge is 0.463 e. The molecule has 0 heterocycles. The zero-order valence-electron chi connectivity index (χ0n) is 8.79. The second-order valence-electron chi connectivity index (χ2n) is 3.59. The summed E-state index contributed by atoms with van der Waals surface area (Å²) in [6.45, 7) is 4.06. The van der Waals surface area contributed by atoms with Gasteiger partial charge in [0.25, 0.3) is 0 Å². The van der Waals surface area contributed by atoms with Crippen molar-refractivity contribution in [3.63, 3.8) is 0 Å². The van der Waals surface area contributed by atoms with E-state index >= 15 is 0 Å². The number of carbonyl (C=O) groups excluding carboxylic acids is 1. The minimum absolute atomic E-state index is 0.253. The van der Waals surface area contributed by atoms with E-state index in [1.807, 2.05) is 6.08 Å². The van der Waals surface area contributed by atoms with Crippen LogP contribution in [-0.2, 0) is 9.53 Å². The maximum atomic E-state index is 10.9. The van der Waals surface area contributed by atoms with Gasteiger partial charge < -0.3 is 10.1 Å². The fourth-order valence-corrected chi connectivity index (χ4v) is 1.24. The molecule has 0 bridgehead atoms. The van der Waals surface area contributed by atoms with Crippen LogP contribution in [0.5, 0.6) is 0 Å². The van der Waals surface area contributed by atoms with Crippen molar-refractivity contribution in [3.05, 3.63) is 12.2 Å². The quantitative estimate of drug-likeness (QED) is 0.382. The van der Waals surface area contributed by atoms with E-state index in [2.05, 4.69) is 5.32 Å². The van der Waals surface area contributed by atoms with Crippen LogP contribution in [0.4, 0.5) is 0 Å². The molecule has 0 aromatic carbocycles. The molecule has 0 amide bonds. The van der Waals surface area contributed by atoms with Crippen molar-refractivity contribution in [2.24, 2.45) is 5.92 Å². The second-order valence-corrected chi connectivity index (χ2v) is 3.59. The van der Waals surface area contributed by atoms with Crippen molar-refractivity contribution in [3.8, 4) is 0 Å². The Morgan fingerprint density at radius 1 is 1.57 bits per heavy atom. The Hall–Kier alpha value is -0.830. The van der Waals surface area contributed by atoms with Crippen LogP contribution < -0.4 is 5.32 Å². The van der Waals surface area contributed by atoms with E-state index in [1.165, 1.54) is 25.3 Å². The molecule has 0 atom stereocenters. The first-order chi connectivity index (χ1) is 6.83. The third-order valence-electron chi connectivity index (χ3n) is 2.23. The Balaban J connectivity index is 1.88. The van der Waals surface area contributed by atoms with Gasteiger partial charge in [0.05, 0.1) is 6.61 Å². The molecule has 0 saturated heterocycles. The fraction of sp³-hybridized carbons (Fsp3) is 0.727. The third-order valence-corrected chi connectivity index (χ3v) is 2.23. The molecule has 1 rings (SSSR count). The van der Waals surface area contributed by atoms with Crippen LogP contribution in [-0.4, -0.2) is 25.7 Å². The Morgan fingerprint density at radius 2 is 2.36 bits per heavy atom. The van der Waals surface area contributed by atoms with Gasteiger partial charge in [-0.2, -0.15) is 0 Å². The number of ether oxygens (including phenoxy) is 1. The standard InChI is InChI=1S/C11H19NO2/c1-2-14-11(13)4-3-8-12-9-7-10-5-6-10/h3-4,10,12H,2,5-9H2,1H3/b4-3+. The summed E-state index contributed by atoms with van der Waals surface area (Å²) in [7, 11) is 0. The Morgan fingerprint density at radius 3 is 3.00 bits per heavy atom. The van der Waals surface area contributed by atoms with Crippen molar-refractivity contribution in [2.75, 3.05) is 19.7 Å². The van der Waals surface area contributed by atoms with Gasteiger partial charge in [0.2, 0.25) is 0 Å². The molecule has 0 aliphatic heterocycles. The number of carbonyl (C=O) groups is 1. The highest BCUT2D eigenvalue weighted by Gasteiger charge is 2.19. The van der Waals surface area contributed by atoms with E-state index in [1.54, 1.807) is 6.92 Å². The van der Waals surface area contributed by atoms with Gasteiger partial charge >= 0.3 is 5.97 Å². The van der Waals surface area contributed by atoms with Gasteiger partial charge in [-0.1, -0.05) is 18.9 Å². The van der Waals surface area contributed by atoms with Gasteiger partial charge in [0.1, 0.15) is 0 Å². The Bertz CT molecular complexity index is 197. The lowest BCUT2D eigenvalue weighted by Crippen LogP contribution is -2.15. The highest BCUT2D eigenvalue weighted by atomic mass is 16.5. The number of esters is 1. The molecule has 14 heavy (non-hydrogen) atoms. The maximum absolute atomic E-state index is 10.9. The van der Waals surface area contributed by atoms with Crippen LogP contribution in [0.25, 0.3) is 0 Å². The average Bonchev–Trinajstić information content (AvgIpc) is 2.95. The first-order valence-electron chi connectivity index (χ1n) is 5.37. The van der Waals surface area contributed by atoms with E-state index in [0.29, 0.717) is 6.61 Å². The molecule has 1 fully saturated rings. The second kappa shape index (κ2) is 6.60. The molecule has 1 saturated carbocycles. The van der Waals surface area contributed by atoms with Crippen LogP contribution in [0.1, 0.15) is 26.2 Å². The summed E-state index contributed by atoms with van der Waals surface area (Å²) in [6, 6.07) is 0. The van der Waals surface area contributed by atoms with Crippen molar-refractivity contribution < 1.29 is 9.53 Å². The lowest BCUT2D eigenvalue weighted by atomic mass is 10.3. The Kier molecular flexibility index (Phi) is 5.30. The lowest BCUT2D eigenvalue weighted by molar-refractivity contribution is -0.137. The molecule has 0 aromatic heterocycles. The van der Waals surface area contributed by atoms with Crippen molar-refractivity contribution in [2.45, 2.75) is 26.2 Å². The van der Waals surface area contributed by atoms with E-state index < -0.39 is 0 Å². The maximum Gasteiger partial charge on any atom is 0.330 e. The minimum atomic E-state index is -0.253. The van der Waals surface area contributed by atoms with Crippen LogP contribution in [0.3, 0.4) is 0 Å². The molecular formula is C11H19NO2. The predicted molar refractivity (Wildman–Crippen MR) is 56.0 cm³/mol. The molecular weight excluding hydrogens is 178 g/mol. The van der Waals surface area contributed by atoms with E-state index in [9.17, 15) is 4.79 Å². The summed E-state index contributed by atoms with van der Waals surface area (Å²) < 4.78 is 4.74. The van der Waals surface area contributed by atoms with Crippen molar-refractivity contribution in [1.82, 2.24) is 5.32 Å². The lowest BCUT2D eigenvalue weighted by Gasteiger charge is -1.99. The van der Waals surface area contributed by atoms with Gasteiger partial charge in [0.15, 0.2) is 0 Å². The molecule has 0 radical (unpaired) electrons. The number of hydrogen-bond acceptors (Lipinski definition) is 3. The number of hydrogen-bond donors (Lipinski definition) is 1. The highest BCUT2D eigenvalue weighted by Crippen LogP contribution is 2.31. The summed E-state index contributed by atoms with van der Waals surface area (Å²) in [6.07, 6.45) is 7.37. The van der Waals surface area contributed by atoms with Crippen molar-refractivity contribution in [1.29, 1.82) is 0 Å². The van der Waals surface area contributed by atoms with Crippen LogP contribution >= 0.6 is 0 Å². The molecule has 1 aliphatic carbocycles. The first-order valence-corrected chi connectivity index (χ1v) is 5.37. The zero-order valence-corrected chi connectivity index (χ0v) is 8.79. The van der Waals surface area contributed by atoms with Gasteiger partial charge in [-0.05, 0) is 25.8 Å². The zero-order chi connectivity index (χ0) is 10.2. The Labute approximate surface area is 85.5 Å². The van der Waals surface area contributed by atoms with Gasteiger partial charge in [-0.3, -0.25) is 0 Å². The summed E-state index contributed by atoms with van der Waals surface area (Å²) in [5.41, 5.74) is 0. The molecule has 0 aromatic rings.